The fourth-order valence-corrected chi connectivity index (χ4v) is 4.29. The number of benzene rings is 2. The number of carbonyl (C=O) groups excluding carboxylic acids is 2. The molecule has 1 N–H and O–H groups in total. The fourth-order valence-electron chi connectivity index (χ4n) is 4.29. The molecule has 5 heteroatoms. The zero-order valence-corrected chi connectivity index (χ0v) is 15.9. The minimum atomic E-state index is -0.136. The normalized spacial score (nSPS) is 21.9. The summed E-state index contributed by atoms with van der Waals surface area (Å²) in [4.78, 5) is 29.1. The summed E-state index contributed by atoms with van der Waals surface area (Å²) in [6.45, 7) is 6.03. The Morgan fingerprint density at radius 1 is 1.07 bits per heavy atom. The number of urea groups is 1. The van der Waals surface area contributed by atoms with Crippen LogP contribution in [0.4, 0.5) is 16.2 Å². The van der Waals surface area contributed by atoms with Gasteiger partial charge in [0.05, 0.1) is 0 Å². The number of hydrogen-bond acceptors (Lipinski definition) is 2. The SMILES string of the molecule is Cc1cccc(NC(=O)N2CCC3(CC(=O)N(c4ccccc4C)C3)C2)c1. The molecule has 2 aromatic carbocycles. The minimum Gasteiger partial charge on any atom is -0.324 e. The van der Waals surface area contributed by atoms with Crippen LogP contribution in [-0.2, 0) is 4.79 Å². The molecule has 3 amide bonds. The number of para-hydroxylation sites is 1. The Morgan fingerprint density at radius 3 is 2.67 bits per heavy atom. The molecule has 2 heterocycles. The fraction of sp³-hybridized carbons (Fsp3) is 0.364. The van der Waals surface area contributed by atoms with Crippen LogP contribution >= 0.6 is 0 Å². The Balaban J connectivity index is 1.45. The van der Waals surface area contributed by atoms with E-state index in [4.69, 9.17) is 0 Å². The molecule has 1 unspecified atom stereocenters. The van der Waals surface area contributed by atoms with Crippen molar-refractivity contribution in [3.8, 4) is 0 Å². The lowest BCUT2D eigenvalue weighted by molar-refractivity contribution is -0.117. The zero-order valence-electron chi connectivity index (χ0n) is 15.9. The first kappa shape index (κ1) is 17.6. The van der Waals surface area contributed by atoms with Crippen molar-refractivity contribution in [1.29, 1.82) is 0 Å². The molecular weight excluding hydrogens is 338 g/mol. The molecule has 0 saturated carbocycles. The summed E-state index contributed by atoms with van der Waals surface area (Å²) >= 11 is 0. The van der Waals surface area contributed by atoms with Crippen LogP contribution in [0.25, 0.3) is 0 Å². The second-order valence-electron chi connectivity index (χ2n) is 7.91. The van der Waals surface area contributed by atoms with E-state index in [1.165, 1.54) is 0 Å². The van der Waals surface area contributed by atoms with Crippen LogP contribution in [0, 0.1) is 19.3 Å². The molecule has 0 bridgehead atoms. The quantitative estimate of drug-likeness (QED) is 0.878. The molecule has 2 aromatic rings. The van der Waals surface area contributed by atoms with Crippen LogP contribution in [0.3, 0.4) is 0 Å². The van der Waals surface area contributed by atoms with Crippen molar-refractivity contribution < 1.29 is 9.59 Å². The van der Waals surface area contributed by atoms with Gasteiger partial charge in [-0.2, -0.15) is 0 Å². The highest BCUT2D eigenvalue weighted by Crippen LogP contribution is 2.42. The van der Waals surface area contributed by atoms with Crippen LogP contribution in [-0.4, -0.2) is 36.5 Å². The maximum absolute atomic E-state index is 12.7. The van der Waals surface area contributed by atoms with E-state index in [1.807, 2.05) is 72.2 Å². The Hall–Kier alpha value is -2.82. The Labute approximate surface area is 160 Å². The molecule has 140 valence electrons. The number of likely N-dealkylation sites (tertiary alicyclic amines) is 1. The highest BCUT2D eigenvalue weighted by molar-refractivity contribution is 5.97. The predicted molar refractivity (Wildman–Crippen MR) is 107 cm³/mol. The van der Waals surface area contributed by atoms with E-state index in [0.29, 0.717) is 26.1 Å². The van der Waals surface area contributed by atoms with Gasteiger partial charge in [-0.05, 0) is 49.6 Å². The van der Waals surface area contributed by atoms with Gasteiger partial charge < -0.3 is 15.1 Å². The van der Waals surface area contributed by atoms with Crippen molar-refractivity contribution in [2.75, 3.05) is 29.9 Å². The smallest absolute Gasteiger partial charge is 0.321 e. The summed E-state index contributed by atoms with van der Waals surface area (Å²) in [6.07, 6.45) is 1.37. The van der Waals surface area contributed by atoms with Crippen LogP contribution in [0.2, 0.25) is 0 Å². The van der Waals surface area contributed by atoms with E-state index in [9.17, 15) is 9.59 Å². The molecule has 1 atom stereocenters. The molecule has 0 aliphatic carbocycles. The summed E-state index contributed by atoms with van der Waals surface area (Å²) in [6, 6.07) is 15.7. The highest BCUT2D eigenvalue weighted by atomic mass is 16.2. The first-order valence-electron chi connectivity index (χ1n) is 9.44. The second kappa shape index (κ2) is 6.72. The van der Waals surface area contributed by atoms with Gasteiger partial charge in [0.1, 0.15) is 0 Å². The molecule has 27 heavy (non-hydrogen) atoms. The molecule has 0 radical (unpaired) electrons. The van der Waals surface area contributed by atoms with Gasteiger partial charge in [-0.3, -0.25) is 4.79 Å². The standard InChI is InChI=1S/C22H25N3O2/c1-16-6-5-8-18(12-16)23-21(27)24-11-10-22(14-24)13-20(26)25(15-22)19-9-4-3-7-17(19)2/h3-9,12H,10-11,13-15H2,1-2H3,(H,23,27). The summed E-state index contributed by atoms with van der Waals surface area (Å²) in [5, 5.41) is 2.98. The Bertz CT molecular complexity index is 895. The van der Waals surface area contributed by atoms with Crippen LogP contribution in [0.5, 0.6) is 0 Å². The maximum atomic E-state index is 12.7. The van der Waals surface area contributed by atoms with Crippen molar-refractivity contribution >= 4 is 23.3 Å². The van der Waals surface area contributed by atoms with E-state index in [2.05, 4.69) is 5.32 Å². The van der Waals surface area contributed by atoms with E-state index >= 15 is 0 Å². The number of anilines is 2. The van der Waals surface area contributed by atoms with Gasteiger partial charge in [-0.1, -0.05) is 30.3 Å². The average molecular weight is 363 g/mol. The molecule has 1 spiro atoms. The molecule has 2 fully saturated rings. The zero-order chi connectivity index (χ0) is 19.0. The summed E-state index contributed by atoms with van der Waals surface area (Å²) in [5.41, 5.74) is 3.88. The van der Waals surface area contributed by atoms with E-state index in [1.54, 1.807) is 0 Å². The van der Waals surface area contributed by atoms with Crippen molar-refractivity contribution in [2.24, 2.45) is 5.41 Å². The average Bonchev–Trinajstić information content (AvgIpc) is 3.19. The maximum Gasteiger partial charge on any atom is 0.321 e. The predicted octanol–water partition coefficient (Wildman–Crippen LogP) is 3.96. The minimum absolute atomic E-state index is 0.0840. The van der Waals surface area contributed by atoms with Gasteiger partial charge in [0.25, 0.3) is 0 Å². The van der Waals surface area contributed by atoms with Crippen LogP contribution in [0.15, 0.2) is 48.5 Å². The highest BCUT2D eigenvalue weighted by Gasteiger charge is 2.49. The largest absolute Gasteiger partial charge is 0.324 e. The Morgan fingerprint density at radius 2 is 1.89 bits per heavy atom. The second-order valence-corrected chi connectivity index (χ2v) is 7.91. The third-order valence-electron chi connectivity index (χ3n) is 5.72. The number of hydrogen-bond donors (Lipinski definition) is 1. The molecule has 0 aromatic heterocycles. The molecule has 2 aliphatic heterocycles. The molecular formula is C22H25N3O2. The lowest BCUT2D eigenvalue weighted by Crippen LogP contribution is -2.36. The number of aryl methyl sites for hydroxylation is 2. The monoisotopic (exact) mass is 363 g/mol. The lowest BCUT2D eigenvalue weighted by atomic mass is 9.86. The summed E-state index contributed by atoms with van der Waals surface area (Å²) in [5.74, 6) is 0.158. The molecule has 4 rings (SSSR count). The number of amides is 3. The summed E-state index contributed by atoms with van der Waals surface area (Å²) < 4.78 is 0. The van der Waals surface area contributed by atoms with Crippen LogP contribution < -0.4 is 10.2 Å². The van der Waals surface area contributed by atoms with E-state index in [-0.39, 0.29) is 17.4 Å². The van der Waals surface area contributed by atoms with Crippen molar-refractivity contribution in [3.63, 3.8) is 0 Å². The van der Waals surface area contributed by atoms with Crippen molar-refractivity contribution in [2.45, 2.75) is 26.7 Å². The first-order chi connectivity index (χ1) is 13.0. The number of carbonyl (C=O) groups is 2. The number of nitrogens with one attached hydrogen (secondary N) is 1. The molecule has 2 saturated heterocycles. The lowest BCUT2D eigenvalue weighted by Gasteiger charge is -2.25. The van der Waals surface area contributed by atoms with E-state index < -0.39 is 0 Å². The number of rotatable bonds is 2. The van der Waals surface area contributed by atoms with Gasteiger partial charge in [0.2, 0.25) is 5.91 Å². The van der Waals surface area contributed by atoms with E-state index in [0.717, 1.165) is 28.9 Å². The Kier molecular flexibility index (Phi) is 4.38. The van der Waals surface area contributed by atoms with Gasteiger partial charge >= 0.3 is 6.03 Å². The first-order valence-corrected chi connectivity index (χ1v) is 9.44. The van der Waals surface area contributed by atoms with Crippen molar-refractivity contribution in [1.82, 2.24) is 4.90 Å². The van der Waals surface area contributed by atoms with Gasteiger partial charge in [-0.25, -0.2) is 4.79 Å². The number of nitrogens with zero attached hydrogens (tertiary/aromatic N) is 2. The third-order valence-corrected chi connectivity index (χ3v) is 5.72. The van der Waals surface area contributed by atoms with Crippen LogP contribution in [0.1, 0.15) is 24.0 Å². The molecule has 5 nitrogen and oxygen atoms in total. The van der Waals surface area contributed by atoms with Gasteiger partial charge in [0, 0.05) is 42.8 Å². The van der Waals surface area contributed by atoms with Gasteiger partial charge in [0.15, 0.2) is 0 Å². The molecule has 2 aliphatic rings. The summed E-state index contributed by atoms with van der Waals surface area (Å²) in [7, 11) is 0. The third kappa shape index (κ3) is 3.42. The topological polar surface area (TPSA) is 52.7 Å². The van der Waals surface area contributed by atoms with Crippen molar-refractivity contribution in [3.05, 3.63) is 59.7 Å². The van der Waals surface area contributed by atoms with Gasteiger partial charge in [-0.15, -0.1) is 0 Å².